The van der Waals surface area contributed by atoms with Crippen molar-refractivity contribution < 1.29 is 36.6 Å². The smallest absolute Gasteiger partial charge is 0.379 e. The van der Waals surface area contributed by atoms with Crippen molar-refractivity contribution in [2.45, 2.75) is 61.9 Å². The number of hydrogen-bond acceptors (Lipinski definition) is 4. The molecule has 2 N–H and O–H groups in total. The number of aliphatic hydroxyl groups excluding tert-OH is 1. The predicted octanol–water partition coefficient (Wildman–Crippen LogP) is 3.40. The average Bonchev–Trinajstić information content (AvgIpc) is 3.10. The summed E-state index contributed by atoms with van der Waals surface area (Å²) in [4.78, 5) is 16.7. The Balaban J connectivity index is 0.000000567. The Morgan fingerprint density at radius 1 is 1.22 bits per heavy atom. The minimum atomic E-state index is -3.67. The first-order valence-electron chi connectivity index (χ1n) is 10.1. The van der Waals surface area contributed by atoms with E-state index in [1.165, 1.54) is 6.07 Å². The van der Waals surface area contributed by atoms with Gasteiger partial charge >= 0.3 is 6.68 Å². The Hall–Kier alpha value is -2.69. The average molecular weight is 459 g/mol. The summed E-state index contributed by atoms with van der Waals surface area (Å²) >= 11 is 0. The number of nitrogens with zero attached hydrogens (tertiary/aromatic N) is 2. The number of carbonyl (C=O) groups is 1. The van der Waals surface area contributed by atoms with Gasteiger partial charge in [0.1, 0.15) is 5.75 Å². The van der Waals surface area contributed by atoms with E-state index in [1.807, 2.05) is 6.33 Å². The first-order valence-corrected chi connectivity index (χ1v) is 10.1. The molecule has 0 saturated heterocycles. The highest BCUT2D eigenvalue weighted by molar-refractivity contribution is 5.79. The number of aromatic nitrogens is 2. The monoisotopic (exact) mass is 459 g/mol. The molecule has 0 radical (unpaired) electrons. The summed E-state index contributed by atoms with van der Waals surface area (Å²) in [7, 11) is 0. The van der Waals surface area contributed by atoms with Gasteiger partial charge in [-0.3, -0.25) is 4.79 Å². The molecule has 2 aromatic rings. The Kier molecular flexibility index (Phi) is 5.87. The molecular weight excluding hydrogens is 437 g/mol. The molecule has 4 saturated carbocycles. The maximum Gasteiger partial charge on any atom is 0.379 e. The van der Waals surface area contributed by atoms with Crippen LogP contribution in [0.2, 0.25) is 0 Å². The van der Waals surface area contributed by atoms with Crippen molar-refractivity contribution in [2.75, 3.05) is 6.61 Å². The second kappa shape index (κ2) is 8.34. The molecule has 0 aliphatic heterocycles. The van der Waals surface area contributed by atoms with Crippen molar-refractivity contribution in [2.24, 2.45) is 0 Å². The molecule has 0 atom stereocenters. The fourth-order valence-electron chi connectivity index (χ4n) is 4.83. The van der Waals surface area contributed by atoms with Crippen LogP contribution < -0.4 is 10.1 Å². The highest BCUT2D eigenvalue weighted by atomic mass is 19.4. The largest absolute Gasteiger partial charge is 0.484 e. The number of ether oxygens (including phenoxy) is 1. The Bertz CT molecular complexity index is 970. The van der Waals surface area contributed by atoms with Gasteiger partial charge in [0.2, 0.25) is 0 Å². The zero-order chi connectivity index (χ0) is 23.1. The molecule has 6 nitrogen and oxygen atoms in total. The number of carbonyl (C=O) groups excluding carboxylic acids is 1. The van der Waals surface area contributed by atoms with Crippen molar-refractivity contribution >= 4 is 5.91 Å². The van der Waals surface area contributed by atoms with Gasteiger partial charge in [0.25, 0.3) is 5.91 Å². The molecule has 0 spiro atoms. The molecule has 6 rings (SSSR count). The molecule has 2 bridgehead atoms. The summed E-state index contributed by atoms with van der Waals surface area (Å²) in [6.07, 6.45) is 7.84. The number of amides is 1. The molecule has 4 aliphatic carbocycles. The zero-order valence-corrected chi connectivity index (χ0v) is 16.9. The van der Waals surface area contributed by atoms with Gasteiger partial charge in [-0.2, -0.15) is 13.2 Å². The van der Waals surface area contributed by atoms with E-state index in [2.05, 4.69) is 21.1 Å². The minimum absolute atomic E-state index is 0.0296. The maximum atomic E-state index is 13.2. The van der Waals surface area contributed by atoms with Crippen LogP contribution in [0.5, 0.6) is 5.75 Å². The van der Waals surface area contributed by atoms with Crippen LogP contribution in [0.25, 0.3) is 0 Å². The van der Waals surface area contributed by atoms with Crippen LogP contribution in [0.1, 0.15) is 43.7 Å². The second-order valence-corrected chi connectivity index (χ2v) is 8.72. The summed E-state index contributed by atoms with van der Waals surface area (Å²) in [5, 5.41) is 12.5. The molecule has 32 heavy (non-hydrogen) atoms. The van der Waals surface area contributed by atoms with Crippen molar-refractivity contribution in [3.05, 3.63) is 48.1 Å². The highest BCUT2D eigenvalue weighted by Crippen LogP contribution is 2.65. The summed E-state index contributed by atoms with van der Waals surface area (Å²) in [6.45, 7) is -3.90. The lowest BCUT2D eigenvalue weighted by atomic mass is 9.44. The van der Waals surface area contributed by atoms with Crippen LogP contribution in [-0.4, -0.2) is 45.5 Å². The van der Waals surface area contributed by atoms with Gasteiger partial charge in [-0.1, -0.05) is 0 Å². The summed E-state index contributed by atoms with van der Waals surface area (Å²) < 4.78 is 62.5. The maximum absolute atomic E-state index is 13.2. The van der Waals surface area contributed by atoms with Gasteiger partial charge in [-0.05, 0) is 44.2 Å². The lowest BCUT2D eigenvalue weighted by Gasteiger charge is -2.70. The van der Waals surface area contributed by atoms with E-state index < -0.39 is 18.3 Å². The first-order chi connectivity index (χ1) is 15.1. The van der Waals surface area contributed by atoms with E-state index in [0.29, 0.717) is 5.92 Å². The zero-order valence-electron chi connectivity index (χ0n) is 16.9. The van der Waals surface area contributed by atoms with Crippen molar-refractivity contribution in [1.29, 1.82) is 0 Å². The molecule has 1 aromatic carbocycles. The Morgan fingerprint density at radius 3 is 2.47 bits per heavy atom. The lowest BCUT2D eigenvalue weighted by molar-refractivity contribution is -0.156. The molecule has 4 aliphatic rings. The molecule has 1 aromatic heterocycles. The van der Waals surface area contributed by atoms with Crippen LogP contribution >= 0.6 is 0 Å². The van der Waals surface area contributed by atoms with E-state index in [-0.39, 0.29) is 35.4 Å². The standard InChI is InChI=1S/C20H21F2N3O3.CHF3/c21-15-2-1-14(5-16(15)22)28-7-18(27)24-19-8-20(9-19,10-19)25-6-17(23-11-25)12-3-13(26)4-12;2-1(3)4/h1-2,5-6,11-13,26H,3-4,7-10H2,(H,24,27);1H. The number of rotatable bonds is 6. The molecule has 1 heterocycles. The van der Waals surface area contributed by atoms with Gasteiger partial charge in [0, 0.05) is 23.7 Å². The molecule has 0 unspecified atom stereocenters. The van der Waals surface area contributed by atoms with E-state index in [0.717, 1.165) is 49.9 Å². The SMILES string of the molecule is FC(F)F.O=C(COc1ccc(F)c(F)c1)NC12CC(n3cnc(C4CC(O)C4)c3)(C1)C2. The third kappa shape index (κ3) is 4.43. The Morgan fingerprint density at radius 2 is 1.88 bits per heavy atom. The summed E-state index contributed by atoms with van der Waals surface area (Å²) in [6, 6.07) is 3.19. The van der Waals surface area contributed by atoms with Crippen molar-refractivity contribution in [3.63, 3.8) is 0 Å². The summed E-state index contributed by atoms with van der Waals surface area (Å²) in [5.41, 5.74) is 0.862. The fourth-order valence-corrected chi connectivity index (χ4v) is 4.83. The third-order valence-electron chi connectivity index (χ3n) is 6.35. The number of benzene rings is 1. The topological polar surface area (TPSA) is 76.4 Å². The summed E-state index contributed by atoms with van der Waals surface area (Å²) in [5.74, 6) is -1.75. The number of hydrogen-bond donors (Lipinski definition) is 2. The minimum Gasteiger partial charge on any atom is -0.484 e. The molecular formula is C21H22F5N3O3. The number of nitrogens with one attached hydrogen (secondary N) is 1. The first kappa shape index (κ1) is 22.5. The normalized spacial score (nSPS) is 29.7. The van der Waals surface area contributed by atoms with Gasteiger partial charge in [-0.15, -0.1) is 0 Å². The number of aliphatic hydroxyl groups is 1. The molecule has 4 fully saturated rings. The van der Waals surface area contributed by atoms with Gasteiger partial charge in [-0.25, -0.2) is 13.8 Å². The third-order valence-corrected chi connectivity index (χ3v) is 6.35. The second-order valence-electron chi connectivity index (χ2n) is 8.72. The number of imidazole rings is 1. The predicted molar refractivity (Wildman–Crippen MR) is 102 cm³/mol. The van der Waals surface area contributed by atoms with Crippen molar-refractivity contribution in [3.8, 4) is 5.75 Å². The van der Waals surface area contributed by atoms with E-state index in [9.17, 15) is 31.9 Å². The Labute approximate surface area is 180 Å². The fraction of sp³-hybridized carbons (Fsp3) is 0.524. The van der Waals surface area contributed by atoms with Gasteiger partial charge in [0.05, 0.1) is 23.7 Å². The van der Waals surface area contributed by atoms with Crippen LogP contribution in [-0.2, 0) is 10.3 Å². The quantitative estimate of drug-likeness (QED) is 0.650. The lowest BCUT2D eigenvalue weighted by Crippen LogP contribution is -2.78. The van der Waals surface area contributed by atoms with Gasteiger partial charge < -0.3 is 19.7 Å². The molecule has 11 heteroatoms. The molecule has 174 valence electrons. The van der Waals surface area contributed by atoms with Gasteiger partial charge in [0.15, 0.2) is 18.2 Å². The van der Waals surface area contributed by atoms with Crippen molar-refractivity contribution in [1.82, 2.24) is 14.9 Å². The van der Waals surface area contributed by atoms with E-state index >= 15 is 0 Å². The van der Waals surface area contributed by atoms with E-state index in [4.69, 9.17) is 4.74 Å². The van der Waals surface area contributed by atoms with Crippen LogP contribution in [0.3, 0.4) is 0 Å². The van der Waals surface area contributed by atoms with Crippen LogP contribution in [0.4, 0.5) is 22.0 Å². The number of halogens is 5. The van der Waals surface area contributed by atoms with Crippen LogP contribution in [0, 0.1) is 11.6 Å². The van der Waals surface area contributed by atoms with E-state index in [1.54, 1.807) is 0 Å². The number of alkyl halides is 3. The highest BCUT2D eigenvalue weighted by Gasteiger charge is 2.69. The van der Waals surface area contributed by atoms with Crippen LogP contribution in [0.15, 0.2) is 30.7 Å². The molecule has 1 amide bonds.